The minimum absolute atomic E-state index is 0.00853. The van der Waals surface area contributed by atoms with Gasteiger partial charge in [-0.25, -0.2) is 4.98 Å². The number of benzene rings is 2. The molecule has 0 bridgehead atoms. The minimum Gasteiger partial charge on any atom is -0.331 e. The molecule has 2 aliphatic heterocycles. The molecule has 3 heterocycles. The van der Waals surface area contributed by atoms with Gasteiger partial charge >= 0.3 is 6.18 Å². The number of halogens is 4. The molecule has 2 unspecified atom stereocenters. The van der Waals surface area contributed by atoms with Crippen molar-refractivity contribution in [3.8, 4) is 11.4 Å². The number of piperidine rings is 1. The van der Waals surface area contributed by atoms with Crippen LogP contribution in [0.3, 0.4) is 0 Å². The normalized spacial score (nSPS) is 22.2. The summed E-state index contributed by atoms with van der Waals surface area (Å²) in [6.07, 6.45) is 0.627. The first-order chi connectivity index (χ1) is 15.8. The van der Waals surface area contributed by atoms with Crippen molar-refractivity contribution in [2.45, 2.75) is 49.9 Å². The molecular formula is C25H23BrF3N3O. The van der Waals surface area contributed by atoms with Crippen LogP contribution >= 0.6 is 15.9 Å². The van der Waals surface area contributed by atoms with Crippen LogP contribution < -0.4 is 0 Å². The maximum absolute atomic E-state index is 13.6. The number of carbonyl (C=O) groups is 1. The number of alkyl halides is 3. The fourth-order valence-electron chi connectivity index (χ4n) is 5.40. The van der Waals surface area contributed by atoms with Gasteiger partial charge < -0.3 is 9.47 Å². The number of rotatable bonds is 4. The second-order valence-corrected chi connectivity index (χ2v) is 9.59. The van der Waals surface area contributed by atoms with E-state index in [-0.39, 0.29) is 19.4 Å². The Morgan fingerprint density at radius 2 is 1.88 bits per heavy atom. The number of likely N-dealkylation sites (tertiary alicyclic amines) is 1. The quantitative estimate of drug-likeness (QED) is 0.416. The van der Waals surface area contributed by atoms with Crippen LogP contribution in [-0.2, 0) is 10.3 Å². The highest BCUT2D eigenvalue weighted by atomic mass is 79.9. The Labute approximate surface area is 198 Å². The molecule has 0 aliphatic carbocycles. The maximum atomic E-state index is 13.6. The third-order valence-electron chi connectivity index (χ3n) is 6.89. The van der Waals surface area contributed by atoms with Crippen LogP contribution in [0.5, 0.6) is 0 Å². The van der Waals surface area contributed by atoms with Crippen molar-refractivity contribution in [2.75, 3.05) is 6.54 Å². The minimum atomic E-state index is -4.41. The molecular weight excluding hydrogens is 495 g/mol. The summed E-state index contributed by atoms with van der Waals surface area (Å²) in [5, 5.41) is 0. The second kappa shape index (κ2) is 8.31. The largest absolute Gasteiger partial charge is 0.408 e. The summed E-state index contributed by atoms with van der Waals surface area (Å²) in [5.74, 6) is 0.353. The predicted octanol–water partition coefficient (Wildman–Crippen LogP) is 6.14. The van der Waals surface area contributed by atoms with Crippen LogP contribution in [-0.4, -0.2) is 39.1 Å². The van der Waals surface area contributed by atoms with Gasteiger partial charge in [0.1, 0.15) is 11.9 Å². The van der Waals surface area contributed by atoms with Crippen LogP contribution in [0.2, 0.25) is 0 Å². The lowest BCUT2D eigenvalue weighted by molar-refractivity contribution is -0.196. The lowest BCUT2D eigenvalue weighted by Crippen LogP contribution is -2.51. The van der Waals surface area contributed by atoms with Gasteiger partial charge in [0.25, 0.3) is 0 Å². The Kier molecular flexibility index (Phi) is 5.59. The van der Waals surface area contributed by atoms with E-state index in [0.29, 0.717) is 19.3 Å². The lowest BCUT2D eigenvalue weighted by Gasteiger charge is -2.38. The first kappa shape index (κ1) is 22.2. The standard InChI is InChI=1S/C25H23BrF3N3O/c26-18-10-8-17(9-11-18)24(20-6-2-1-5-19(20)23-30-14-16-32(23)24)13-12-22(33)31-15-4-3-7-21(31)25(27,28)29/h1-2,5-6,8-11,14,16,21H,3-4,7,12-13,15H2. The molecule has 0 saturated carbocycles. The first-order valence-electron chi connectivity index (χ1n) is 11.1. The number of hydrogen-bond donors (Lipinski definition) is 0. The van der Waals surface area contributed by atoms with Crippen molar-refractivity contribution >= 4 is 21.8 Å². The van der Waals surface area contributed by atoms with E-state index < -0.39 is 23.7 Å². The van der Waals surface area contributed by atoms with E-state index >= 15 is 0 Å². The van der Waals surface area contributed by atoms with E-state index in [0.717, 1.165) is 31.9 Å². The maximum Gasteiger partial charge on any atom is 0.408 e. The number of amides is 1. The summed E-state index contributed by atoms with van der Waals surface area (Å²) in [6, 6.07) is 14.1. The summed E-state index contributed by atoms with van der Waals surface area (Å²) in [7, 11) is 0. The molecule has 1 saturated heterocycles. The Balaban J connectivity index is 1.54. The molecule has 2 atom stereocenters. The molecule has 3 aromatic rings. The van der Waals surface area contributed by atoms with Crippen molar-refractivity contribution in [1.82, 2.24) is 14.5 Å². The average molecular weight is 518 g/mol. The number of aromatic nitrogens is 2. The highest BCUT2D eigenvalue weighted by Gasteiger charge is 2.48. The topological polar surface area (TPSA) is 38.1 Å². The molecule has 1 amide bonds. The molecule has 4 nitrogen and oxygen atoms in total. The Morgan fingerprint density at radius 3 is 2.64 bits per heavy atom. The Bertz CT molecular complexity index is 1170. The summed E-state index contributed by atoms with van der Waals surface area (Å²) < 4.78 is 43.8. The number of hydrogen-bond acceptors (Lipinski definition) is 2. The Morgan fingerprint density at radius 1 is 1.12 bits per heavy atom. The molecule has 172 valence electrons. The van der Waals surface area contributed by atoms with E-state index in [1.54, 1.807) is 6.20 Å². The molecule has 33 heavy (non-hydrogen) atoms. The second-order valence-electron chi connectivity index (χ2n) is 8.67. The molecule has 2 aromatic carbocycles. The highest BCUT2D eigenvalue weighted by molar-refractivity contribution is 9.10. The fraction of sp³-hybridized carbons (Fsp3) is 0.360. The summed E-state index contributed by atoms with van der Waals surface area (Å²) in [6.45, 7) is 0.154. The van der Waals surface area contributed by atoms with Crippen LogP contribution in [0.1, 0.15) is 43.2 Å². The lowest BCUT2D eigenvalue weighted by atomic mass is 9.79. The molecule has 0 radical (unpaired) electrons. The van der Waals surface area contributed by atoms with Crippen LogP contribution in [0.15, 0.2) is 65.4 Å². The molecule has 5 rings (SSSR count). The highest BCUT2D eigenvalue weighted by Crippen LogP contribution is 2.49. The third-order valence-corrected chi connectivity index (χ3v) is 7.42. The summed E-state index contributed by atoms with van der Waals surface area (Å²) in [4.78, 5) is 18.8. The van der Waals surface area contributed by atoms with E-state index in [4.69, 9.17) is 0 Å². The third kappa shape index (κ3) is 3.68. The number of nitrogens with zero attached hydrogens (tertiary/aromatic N) is 3. The average Bonchev–Trinajstić information content (AvgIpc) is 3.39. The molecule has 1 fully saturated rings. The fourth-order valence-corrected chi connectivity index (χ4v) is 5.67. The van der Waals surface area contributed by atoms with Gasteiger partial charge in [0.05, 0.1) is 5.54 Å². The van der Waals surface area contributed by atoms with E-state index in [2.05, 4.69) is 25.5 Å². The van der Waals surface area contributed by atoms with Gasteiger partial charge in [-0.05, 0) is 48.9 Å². The van der Waals surface area contributed by atoms with Crippen molar-refractivity contribution in [1.29, 1.82) is 0 Å². The van der Waals surface area contributed by atoms with Gasteiger partial charge in [-0.1, -0.05) is 52.3 Å². The smallest absolute Gasteiger partial charge is 0.331 e. The van der Waals surface area contributed by atoms with Crippen molar-refractivity contribution in [3.05, 3.63) is 76.5 Å². The van der Waals surface area contributed by atoms with Gasteiger partial charge in [-0.15, -0.1) is 0 Å². The van der Waals surface area contributed by atoms with E-state index in [1.807, 2.05) is 54.7 Å². The van der Waals surface area contributed by atoms with Gasteiger partial charge in [-0.2, -0.15) is 13.2 Å². The van der Waals surface area contributed by atoms with Crippen LogP contribution in [0.4, 0.5) is 13.2 Å². The van der Waals surface area contributed by atoms with E-state index in [9.17, 15) is 18.0 Å². The summed E-state index contributed by atoms with van der Waals surface area (Å²) in [5.41, 5.74) is 2.23. The van der Waals surface area contributed by atoms with Gasteiger partial charge in [0.15, 0.2) is 0 Å². The Hall–Kier alpha value is -2.61. The summed E-state index contributed by atoms with van der Waals surface area (Å²) >= 11 is 3.48. The molecule has 8 heteroatoms. The zero-order chi connectivity index (χ0) is 23.2. The number of imidazole rings is 1. The number of carbonyl (C=O) groups excluding carboxylic acids is 1. The molecule has 1 aromatic heterocycles. The molecule has 0 N–H and O–H groups in total. The first-order valence-corrected chi connectivity index (χ1v) is 11.9. The van der Waals surface area contributed by atoms with Crippen molar-refractivity contribution in [3.63, 3.8) is 0 Å². The van der Waals surface area contributed by atoms with Crippen molar-refractivity contribution in [2.24, 2.45) is 0 Å². The number of fused-ring (bicyclic) bond motifs is 3. The van der Waals surface area contributed by atoms with E-state index in [1.165, 1.54) is 0 Å². The van der Waals surface area contributed by atoms with Gasteiger partial charge in [0.2, 0.25) is 5.91 Å². The predicted molar refractivity (Wildman–Crippen MR) is 123 cm³/mol. The van der Waals surface area contributed by atoms with Gasteiger partial charge in [-0.3, -0.25) is 4.79 Å². The monoisotopic (exact) mass is 517 g/mol. The van der Waals surface area contributed by atoms with Crippen LogP contribution in [0.25, 0.3) is 11.4 Å². The SMILES string of the molecule is O=C(CCC1(c2ccc(Br)cc2)c2ccccc2-c2nccn21)N1CCCCC1C(F)(F)F. The van der Waals surface area contributed by atoms with Crippen LogP contribution in [0, 0.1) is 0 Å². The van der Waals surface area contributed by atoms with Gasteiger partial charge in [0, 0.05) is 35.4 Å². The molecule has 0 spiro atoms. The molecule has 2 aliphatic rings. The van der Waals surface area contributed by atoms with Crippen molar-refractivity contribution < 1.29 is 18.0 Å². The zero-order valence-electron chi connectivity index (χ0n) is 17.9. The zero-order valence-corrected chi connectivity index (χ0v) is 19.4.